The van der Waals surface area contributed by atoms with Crippen molar-refractivity contribution in [1.82, 2.24) is 5.32 Å². The summed E-state index contributed by atoms with van der Waals surface area (Å²) in [5.41, 5.74) is 5.19. The van der Waals surface area contributed by atoms with Gasteiger partial charge in [-0.1, -0.05) is 52.4 Å². The highest BCUT2D eigenvalue weighted by Crippen LogP contribution is 2.35. The normalized spacial score (nSPS) is 12.8. The van der Waals surface area contributed by atoms with E-state index in [1.807, 2.05) is 0 Å². The molecule has 2 amide bonds. The number of nitrogens with one attached hydrogen (secondary N) is 1. The van der Waals surface area contributed by atoms with E-state index in [1.165, 1.54) is 32.1 Å². The lowest BCUT2D eigenvalue weighted by Crippen LogP contribution is -2.45. The van der Waals surface area contributed by atoms with Crippen LogP contribution in [0.25, 0.3) is 0 Å². The predicted molar refractivity (Wildman–Crippen MR) is 117 cm³/mol. The largest absolute Gasteiger partial charge is 0.382 e. The maximum atomic E-state index is 11.0. The average molecular weight is 419 g/mol. The Morgan fingerprint density at radius 2 is 1.41 bits per heavy atom. The summed E-state index contributed by atoms with van der Waals surface area (Å²) in [5, 5.41) is 2.68. The maximum absolute atomic E-state index is 11.0. The van der Waals surface area contributed by atoms with Gasteiger partial charge in [0.2, 0.25) is 0 Å². The molecule has 1 unspecified atom stereocenters. The summed E-state index contributed by atoms with van der Waals surface area (Å²) in [4.78, 5) is 11.0. The SMILES string of the molecule is CCCCCCCCC(CCCNC(N)=O)C(CC)(OCCOC)OCCOC. The van der Waals surface area contributed by atoms with Crippen LogP contribution in [0.1, 0.15) is 78.1 Å². The van der Waals surface area contributed by atoms with E-state index in [4.69, 9.17) is 24.7 Å². The van der Waals surface area contributed by atoms with Gasteiger partial charge in [0.05, 0.1) is 26.4 Å². The van der Waals surface area contributed by atoms with Crippen LogP contribution in [0.15, 0.2) is 0 Å². The minimum Gasteiger partial charge on any atom is -0.382 e. The Labute approximate surface area is 178 Å². The molecule has 0 bridgehead atoms. The summed E-state index contributed by atoms with van der Waals surface area (Å²) in [6.07, 6.45) is 11.1. The van der Waals surface area contributed by atoms with Crippen molar-refractivity contribution in [3.05, 3.63) is 0 Å². The van der Waals surface area contributed by atoms with Crippen LogP contribution in [-0.2, 0) is 18.9 Å². The lowest BCUT2D eigenvalue weighted by Gasteiger charge is -2.40. The molecule has 0 saturated carbocycles. The first kappa shape index (κ1) is 28.1. The highest BCUT2D eigenvalue weighted by atomic mass is 16.7. The van der Waals surface area contributed by atoms with Gasteiger partial charge in [-0.05, 0) is 25.7 Å². The first-order valence-corrected chi connectivity index (χ1v) is 11.3. The molecule has 0 aromatic rings. The molecule has 29 heavy (non-hydrogen) atoms. The van der Waals surface area contributed by atoms with Crippen LogP contribution >= 0.6 is 0 Å². The van der Waals surface area contributed by atoms with E-state index in [9.17, 15) is 4.79 Å². The zero-order valence-corrected chi connectivity index (χ0v) is 19.3. The average Bonchev–Trinajstić information content (AvgIpc) is 2.71. The molecule has 1 atom stereocenters. The van der Waals surface area contributed by atoms with Crippen molar-refractivity contribution in [2.24, 2.45) is 11.7 Å². The van der Waals surface area contributed by atoms with E-state index in [0.29, 0.717) is 33.0 Å². The Morgan fingerprint density at radius 3 is 1.93 bits per heavy atom. The number of unbranched alkanes of at least 4 members (excludes halogenated alkanes) is 5. The topological polar surface area (TPSA) is 92.0 Å². The summed E-state index contributed by atoms with van der Waals surface area (Å²) in [6.45, 7) is 6.95. The van der Waals surface area contributed by atoms with Crippen LogP contribution in [0.4, 0.5) is 4.79 Å². The molecule has 0 aromatic heterocycles. The van der Waals surface area contributed by atoms with E-state index >= 15 is 0 Å². The van der Waals surface area contributed by atoms with Gasteiger partial charge in [-0.3, -0.25) is 0 Å². The smallest absolute Gasteiger partial charge is 0.312 e. The van der Waals surface area contributed by atoms with Gasteiger partial charge in [-0.15, -0.1) is 0 Å². The van der Waals surface area contributed by atoms with Gasteiger partial charge < -0.3 is 30.0 Å². The van der Waals surface area contributed by atoms with Crippen LogP contribution < -0.4 is 11.1 Å². The minimum atomic E-state index is -0.660. The van der Waals surface area contributed by atoms with Gasteiger partial charge in [-0.2, -0.15) is 0 Å². The number of amides is 2. The second kappa shape index (κ2) is 19.1. The van der Waals surface area contributed by atoms with Gasteiger partial charge in [0, 0.05) is 26.7 Å². The van der Waals surface area contributed by atoms with Crippen molar-refractivity contribution in [2.45, 2.75) is 83.8 Å². The van der Waals surface area contributed by atoms with Crippen LogP contribution in [0.3, 0.4) is 0 Å². The number of hydrogen-bond donors (Lipinski definition) is 2. The van der Waals surface area contributed by atoms with E-state index < -0.39 is 11.8 Å². The zero-order valence-electron chi connectivity index (χ0n) is 19.3. The number of ether oxygens (including phenoxy) is 4. The predicted octanol–water partition coefficient (Wildman–Crippen LogP) is 4.23. The van der Waals surface area contributed by atoms with Gasteiger partial charge in [-0.25, -0.2) is 4.79 Å². The molecule has 0 spiro atoms. The third-order valence-corrected chi connectivity index (χ3v) is 5.32. The second-order valence-corrected chi connectivity index (χ2v) is 7.53. The van der Waals surface area contributed by atoms with E-state index in [2.05, 4.69) is 19.2 Å². The van der Waals surface area contributed by atoms with Crippen molar-refractivity contribution in [1.29, 1.82) is 0 Å². The van der Waals surface area contributed by atoms with Crippen molar-refractivity contribution in [2.75, 3.05) is 47.2 Å². The lowest BCUT2D eigenvalue weighted by atomic mass is 9.86. The van der Waals surface area contributed by atoms with Crippen LogP contribution in [0.5, 0.6) is 0 Å². The molecule has 0 fully saturated rings. The summed E-state index contributed by atoms with van der Waals surface area (Å²) in [7, 11) is 3.35. The fourth-order valence-corrected chi connectivity index (χ4v) is 3.68. The molecule has 7 nitrogen and oxygen atoms in total. The van der Waals surface area contributed by atoms with E-state index in [1.54, 1.807) is 14.2 Å². The Bertz CT molecular complexity index is 372. The Morgan fingerprint density at radius 1 is 0.862 bits per heavy atom. The fraction of sp³-hybridized carbons (Fsp3) is 0.955. The van der Waals surface area contributed by atoms with Crippen LogP contribution in [0, 0.1) is 5.92 Å². The van der Waals surface area contributed by atoms with Crippen molar-refractivity contribution < 1.29 is 23.7 Å². The van der Waals surface area contributed by atoms with Gasteiger partial charge in [0.25, 0.3) is 0 Å². The van der Waals surface area contributed by atoms with Gasteiger partial charge >= 0.3 is 6.03 Å². The number of nitrogens with two attached hydrogens (primary N) is 1. The van der Waals surface area contributed by atoms with Crippen molar-refractivity contribution >= 4 is 6.03 Å². The monoisotopic (exact) mass is 418 g/mol. The summed E-state index contributed by atoms with van der Waals surface area (Å²) in [6, 6.07) is -0.480. The number of carbonyl (C=O) groups excluding carboxylic acids is 1. The lowest BCUT2D eigenvalue weighted by molar-refractivity contribution is -0.277. The molecule has 0 rings (SSSR count). The molecule has 7 heteroatoms. The number of primary amides is 1. The molecule has 0 aliphatic rings. The molecule has 0 aromatic carbocycles. The highest BCUT2D eigenvalue weighted by Gasteiger charge is 2.38. The maximum Gasteiger partial charge on any atom is 0.312 e. The Balaban J connectivity index is 5.00. The summed E-state index contributed by atoms with van der Waals surface area (Å²) >= 11 is 0. The molecule has 0 saturated heterocycles. The highest BCUT2D eigenvalue weighted by molar-refractivity contribution is 5.71. The molecule has 174 valence electrons. The molecule has 3 N–H and O–H groups in total. The summed E-state index contributed by atoms with van der Waals surface area (Å²) in [5.74, 6) is -0.421. The molecule has 0 aliphatic heterocycles. The number of hydrogen-bond acceptors (Lipinski definition) is 5. The molecular formula is C22H46N2O5. The first-order chi connectivity index (χ1) is 14.1. The number of urea groups is 1. The Kier molecular flexibility index (Phi) is 18.5. The fourth-order valence-electron chi connectivity index (χ4n) is 3.68. The molecule has 0 aliphatic carbocycles. The number of rotatable bonds is 21. The molecular weight excluding hydrogens is 372 g/mol. The summed E-state index contributed by atoms with van der Waals surface area (Å²) < 4.78 is 22.9. The Hall–Kier alpha value is -0.890. The zero-order chi connectivity index (χ0) is 21.8. The van der Waals surface area contributed by atoms with Gasteiger partial charge in [0.1, 0.15) is 0 Å². The van der Waals surface area contributed by atoms with Crippen molar-refractivity contribution in [3.63, 3.8) is 0 Å². The molecule has 0 heterocycles. The third-order valence-electron chi connectivity index (χ3n) is 5.32. The van der Waals surface area contributed by atoms with E-state index in [-0.39, 0.29) is 5.92 Å². The third kappa shape index (κ3) is 13.9. The van der Waals surface area contributed by atoms with Crippen LogP contribution in [0.2, 0.25) is 0 Å². The van der Waals surface area contributed by atoms with E-state index in [0.717, 1.165) is 32.1 Å². The second-order valence-electron chi connectivity index (χ2n) is 7.53. The standard InChI is InChI=1S/C22H46N2O5/c1-5-7-8-9-10-11-13-20(14-12-15-24-21(23)25)22(6-2,28-18-16-26-3)29-19-17-27-4/h20H,5-19H2,1-4H3,(H3,23,24,25). The molecule has 0 radical (unpaired) electrons. The number of methoxy groups -OCH3 is 2. The minimum absolute atomic E-state index is 0.238. The quantitative estimate of drug-likeness (QED) is 0.215. The first-order valence-electron chi connectivity index (χ1n) is 11.3. The van der Waals surface area contributed by atoms with Gasteiger partial charge in [0.15, 0.2) is 5.79 Å². The van der Waals surface area contributed by atoms with Crippen molar-refractivity contribution in [3.8, 4) is 0 Å². The number of carbonyl (C=O) groups is 1. The van der Waals surface area contributed by atoms with Crippen LogP contribution in [-0.4, -0.2) is 59.0 Å².